The monoisotopic (exact) mass is 531 g/mol. The van der Waals surface area contributed by atoms with Crippen LogP contribution in [-0.4, -0.2) is 32.3 Å². The van der Waals surface area contributed by atoms with Gasteiger partial charge in [-0.25, -0.2) is 0 Å². The van der Waals surface area contributed by atoms with E-state index in [9.17, 15) is 9.59 Å². The highest BCUT2D eigenvalue weighted by molar-refractivity contribution is 7.99. The summed E-state index contributed by atoms with van der Waals surface area (Å²) >= 11 is 25.1. The summed E-state index contributed by atoms with van der Waals surface area (Å²) in [5, 5.41) is 15.6. The van der Waals surface area contributed by atoms with E-state index in [-0.39, 0.29) is 22.6 Å². The van der Waals surface area contributed by atoms with Gasteiger partial charge in [-0.1, -0.05) is 64.2 Å². The molecular weight excluding hydrogens is 516 g/mol. The van der Waals surface area contributed by atoms with Crippen molar-refractivity contribution in [3.05, 3.63) is 67.9 Å². The Kier molecular flexibility index (Phi) is 8.30. The number of hydrogen-bond donors (Lipinski definition) is 2. The third kappa shape index (κ3) is 5.88. The molecule has 0 saturated carbocycles. The summed E-state index contributed by atoms with van der Waals surface area (Å²) in [6, 6.07) is 9.18. The summed E-state index contributed by atoms with van der Waals surface area (Å²) in [5.74, 6) is 0.00804. The Balaban J connectivity index is 1.60. The lowest BCUT2D eigenvalue weighted by molar-refractivity contribution is -0.113. The van der Waals surface area contributed by atoms with E-state index >= 15 is 0 Å². The SMILES string of the molecule is CC(NC(=O)c1ccc(Cl)c(Cl)c1)c1nnc(SCC(=O)Nc2cccc(Cl)c2Cl)n1C. The quantitative estimate of drug-likeness (QED) is 0.384. The first-order chi connectivity index (χ1) is 15.2. The van der Waals surface area contributed by atoms with E-state index in [0.29, 0.717) is 37.3 Å². The van der Waals surface area contributed by atoms with Crippen molar-refractivity contribution >= 4 is 75.7 Å². The minimum atomic E-state index is -0.442. The number of aromatic nitrogens is 3. The van der Waals surface area contributed by atoms with Crippen molar-refractivity contribution in [2.75, 3.05) is 11.1 Å². The van der Waals surface area contributed by atoms with Crippen LogP contribution in [0.1, 0.15) is 29.1 Å². The molecular formula is C20H17Cl4N5O2S. The second-order valence-corrected chi connectivity index (χ2v) is 9.20. The molecule has 7 nitrogen and oxygen atoms in total. The number of amides is 2. The molecule has 0 saturated heterocycles. The maximum absolute atomic E-state index is 12.5. The molecule has 12 heteroatoms. The maximum atomic E-state index is 12.5. The van der Waals surface area contributed by atoms with Gasteiger partial charge in [-0.2, -0.15) is 0 Å². The van der Waals surface area contributed by atoms with E-state index in [4.69, 9.17) is 46.4 Å². The molecule has 1 atom stereocenters. The summed E-state index contributed by atoms with van der Waals surface area (Å²) in [5.41, 5.74) is 0.807. The van der Waals surface area contributed by atoms with Crippen LogP contribution in [0.5, 0.6) is 0 Å². The summed E-state index contributed by atoms with van der Waals surface area (Å²) in [6.07, 6.45) is 0. The fraction of sp³-hybridized carbons (Fsp3) is 0.200. The Hall–Kier alpha value is -1.97. The average molecular weight is 533 g/mol. The zero-order chi connectivity index (χ0) is 23.4. The third-order valence-electron chi connectivity index (χ3n) is 4.34. The topological polar surface area (TPSA) is 88.9 Å². The second-order valence-electron chi connectivity index (χ2n) is 6.66. The summed E-state index contributed by atoms with van der Waals surface area (Å²) < 4.78 is 1.71. The smallest absolute Gasteiger partial charge is 0.251 e. The van der Waals surface area contributed by atoms with Gasteiger partial charge in [-0.05, 0) is 37.3 Å². The van der Waals surface area contributed by atoms with Gasteiger partial charge < -0.3 is 15.2 Å². The predicted octanol–water partition coefficient (Wildman–Crippen LogP) is 5.65. The van der Waals surface area contributed by atoms with Crippen molar-refractivity contribution in [1.29, 1.82) is 0 Å². The standard InChI is InChI=1S/C20H17Cl4N5O2S/c1-10(25-19(31)11-6-7-12(21)14(23)8-11)18-27-28-20(29(18)2)32-9-16(30)26-15-5-3-4-13(22)17(15)24/h3-8,10H,9H2,1-2H3,(H,25,31)(H,26,30). The van der Waals surface area contributed by atoms with E-state index in [1.54, 1.807) is 48.9 Å². The third-order valence-corrected chi connectivity index (χ3v) is 6.92. The van der Waals surface area contributed by atoms with Crippen molar-refractivity contribution in [1.82, 2.24) is 20.1 Å². The van der Waals surface area contributed by atoms with Crippen LogP contribution in [0.2, 0.25) is 20.1 Å². The number of carbonyl (C=O) groups excluding carboxylic acids is 2. The van der Waals surface area contributed by atoms with Crippen LogP contribution in [0.25, 0.3) is 0 Å². The van der Waals surface area contributed by atoms with Crippen molar-refractivity contribution in [3.63, 3.8) is 0 Å². The normalized spacial score (nSPS) is 11.8. The number of carbonyl (C=O) groups is 2. The number of anilines is 1. The number of nitrogens with zero attached hydrogens (tertiary/aromatic N) is 3. The molecule has 0 aliphatic rings. The molecule has 3 aromatic rings. The molecule has 1 unspecified atom stereocenters. The van der Waals surface area contributed by atoms with Crippen molar-refractivity contribution in [2.24, 2.45) is 7.05 Å². The maximum Gasteiger partial charge on any atom is 0.251 e. The molecule has 0 fully saturated rings. The molecule has 1 heterocycles. The second kappa shape index (κ2) is 10.8. The van der Waals surface area contributed by atoms with E-state index in [1.807, 2.05) is 0 Å². The van der Waals surface area contributed by atoms with E-state index in [0.717, 1.165) is 0 Å². The van der Waals surface area contributed by atoms with Crippen LogP contribution >= 0.6 is 58.2 Å². The highest BCUT2D eigenvalue weighted by Gasteiger charge is 2.19. The highest BCUT2D eigenvalue weighted by atomic mass is 35.5. The van der Waals surface area contributed by atoms with Gasteiger partial charge >= 0.3 is 0 Å². The van der Waals surface area contributed by atoms with Crippen molar-refractivity contribution in [3.8, 4) is 0 Å². The molecule has 32 heavy (non-hydrogen) atoms. The zero-order valence-corrected chi connectivity index (χ0v) is 20.7. The highest BCUT2D eigenvalue weighted by Crippen LogP contribution is 2.30. The molecule has 3 rings (SSSR count). The molecule has 0 radical (unpaired) electrons. The first-order valence-electron chi connectivity index (χ1n) is 9.19. The number of rotatable bonds is 7. The average Bonchev–Trinajstić information content (AvgIpc) is 3.12. The minimum Gasteiger partial charge on any atom is -0.342 e. The van der Waals surface area contributed by atoms with Gasteiger partial charge in [0.1, 0.15) is 0 Å². The van der Waals surface area contributed by atoms with Crippen LogP contribution in [-0.2, 0) is 11.8 Å². The molecule has 2 amide bonds. The van der Waals surface area contributed by atoms with Crippen LogP contribution in [0, 0.1) is 0 Å². The van der Waals surface area contributed by atoms with Gasteiger partial charge in [0, 0.05) is 12.6 Å². The molecule has 168 valence electrons. The van der Waals surface area contributed by atoms with Crippen molar-refractivity contribution < 1.29 is 9.59 Å². The molecule has 1 aromatic heterocycles. The number of benzene rings is 2. The molecule has 2 N–H and O–H groups in total. The lowest BCUT2D eigenvalue weighted by atomic mass is 10.2. The van der Waals surface area contributed by atoms with Gasteiger partial charge in [0.2, 0.25) is 5.91 Å². The van der Waals surface area contributed by atoms with Gasteiger partial charge in [0.25, 0.3) is 5.91 Å². The molecule has 0 bridgehead atoms. The molecule has 2 aromatic carbocycles. The fourth-order valence-electron chi connectivity index (χ4n) is 2.73. The van der Waals surface area contributed by atoms with E-state index in [2.05, 4.69) is 20.8 Å². The molecule has 0 aliphatic carbocycles. The fourth-order valence-corrected chi connectivity index (χ4v) is 4.09. The van der Waals surface area contributed by atoms with Crippen LogP contribution in [0.3, 0.4) is 0 Å². The molecule has 0 spiro atoms. The predicted molar refractivity (Wildman–Crippen MR) is 129 cm³/mol. The van der Waals surface area contributed by atoms with Crippen LogP contribution in [0.15, 0.2) is 41.6 Å². The largest absolute Gasteiger partial charge is 0.342 e. The molecule has 0 aliphatic heterocycles. The summed E-state index contributed by atoms with van der Waals surface area (Å²) in [7, 11) is 1.76. The number of halogens is 4. The Labute approximate surface area is 208 Å². The first kappa shape index (κ1) is 24.7. The van der Waals surface area contributed by atoms with Gasteiger partial charge in [0.15, 0.2) is 11.0 Å². The number of thioether (sulfide) groups is 1. The van der Waals surface area contributed by atoms with E-state index in [1.165, 1.54) is 17.8 Å². The lowest BCUT2D eigenvalue weighted by Gasteiger charge is -2.14. The summed E-state index contributed by atoms with van der Waals surface area (Å²) in [4.78, 5) is 24.8. The minimum absolute atomic E-state index is 0.0822. The number of nitrogens with one attached hydrogen (secondary N) is 2. The zero-order valence-electron chi connectivity index (χ0n) is 16.8. The first-order valence-corrected chi connectivity index (χ1v) is 11.7. The van der Waals surface area contributed by atoms with Gasteiger partial charge in [-0.3, -0.25) is 9.59 Å². The Morgan fingerprint density at radius 1 is 1.06 bits per heavy atom. The number of hydrogen-bond acceptors (Lipinski definition) is 5. The van der Waals surface area contributed by atoms with Gasteiger partial charge in [-0.15, -0.1) is 10.2 Å². The van der Waals surface area contributed by atoms with Crippen LogP contribution in [0.4, 0.5) is 5.69 Å². The lowest BCUT2D eigenvalue weighted by Crippen LogP contribution is -2.28. The van der Waals surface area contributed by atoms with Gasteiger partial charge in [0.05, 0.1) is 37.6 Å². The van der Waals surface area contributed by atoms with Crippen LogP contribution < -0.4 is 10.6 Å². The Morgan fingerprint density at radius 2 is 1.81 bits per heavy atom. The summed E-state index contributed by atoms with van der Waals surface area (Å²) in [6.45, 7) is 1.78. The Bertz CT molecular complexity index is 1170. The van der Waals surface area contributed by atoms with Crippen molar-refractivity contribution in [2.45, 2.75) is 18.1 Å². The Morgan fingerprint density at radius 3 is 2.53 bits per heavy atom. The van der Waals surface area contributed by atoms with E-state index < -0.39 is 6.04 Å².